The minimum absolute atomic E-state index is 0.0605. The number of fused-ring (bicyclic) bond motifs is 5. The van der Waals surface area contributed by atoms with Crippen molar-refractivity contribution in [2.24, 2.45) is 52.3 Å². The van der Waals surface area contributed by atoms with Crippen molar-refractivity contribution >= 4 is 5.97 Å². The maximum absolute atomic E-state index is 11.9. The van der Waals surface area contributed by atoms with E-state index >= 15 is 0 Å². The summed E-state index contributed by atoms with van der Waals surface area (Å²) in [4.78, 5) is 11.9. The zero-order valence-corrected chi connectivity index (χ0v) is 21.2. The lowest BCUT2D eigenvalue weighted by molar-refractivity contribution is -0.203. The fourth-order valence-electron chi connectivity index (χ4n) is 9.71. The van der Waals surface area contributed by atoms with Gasteiger partial charge in [-0.3, -0.25) is 4.79 Å². The lowest BCUT2D eigenvalue weighted by atomic mass is 9.41. The quantitative estimate of drug-likeness (QED) is 0.520. The van der Waals surface area contributed by atoms with E-state index in [9.17, 15) is 15.0 Å². The van der Waals surface area contributed by atoms with Gasteiger partial charge in [0.15, 0.2) is 0 Å². The molecule has 4 aliphatic carbocycles. The van der Waals surface area contributed by atoms with Crippen LogP contribution in [0.1, 0.15) is 98.8 Å². The van der Waals surface area contributed by atoms with E-state index in [1.165, 1.54) is 25.7 Å². The van der Waals surface area contributed by atoms with Gasteiger partial charge in [-0.1, -0.05) is 34.1 Å². The molecule has 0 aromatic rings. The molecule has 32 heavy (non-hydrogen) atoms. The second-order valence-electron chi connectivity index (χ2n) is 12.4. The normalized spacial score (nSPS) is 49.0. The number of aliphatic hydroxyl groups excluding tert-OH is 2. The van der Waals surface area contributed by atoms with Crippen LogP contribution in [-0.4, -0.2) is 35.0 Å². The molecule has 4 heteroatoms. The first kappa shape index (κ1) is 24.5. The Bertz CT molecular complexity index is 678. The number of carbonyl (C=O) groups excluding carboxylic acids is 1. The van der Waals surface area contributed by atoms with Crippen molar-refractivity contribution in [1.29, 1.82) is 0 Å². The van der Waals surface area contributed by atoms with E-state index in [-0.39, 0.29) is 29.0 Å². The Hall–Kier alpha value is -0.610. The van der Waals surface area contributed by atoms with Gasteiger partial charge in [0.05, 0.1) is 18.8 Å². The van der Waals surface area contributed by atoms with Gasteiger partial charge in [0.1, 0.15) is 0 Å². The largest absolute Gasteiger partial charge is 0.466 e. The number of ether oxygens (including phenoxy) is 1. The average molecular weight is 449 g/mol. The van der Waals surface area contributed by atoms with Crippen molar-refractivity contribution in [1.82, 2.24) is 0 Å². The van der Waals surface area contributed by atoms with Crippen molar-refractivity contribution in [2.75, 3.05) is 6.61 Å². The molecule has 0 heterocycles. The molecule has 0 aromatic carbocycles. The molecule has 4 fully saturated rings. The van der Waals surface area contributed by atoms with Gasteiger partial charge in [0.25, 0.3) is 0 Å². The molecule has 3 unspecified atom stereocenters. The van der Waals surface area contributed by atoms with Crippen molar-refractivity contribution in [3.63, 3.8) is 0 Å². The van der Waals surface area contributed by atoms with Gasteiger partial charge in [-0.05, 0) is 111 Å². The summed E-state index contributed by atoms with van der Waals surface area (Å²) in [5.74, 6) is 3.44. The highest BCUT2D eigenvalue weighted by atomic mass is 16.5. The SMILES string of the molecule is CCOC(=O)CC[C@@H](C)[C@H]1CCC2C3C(CC[C@@]21C)[C@@]1(C)CC[C@@H](O)C[C@H]1[C@@H](CC)[C@H]3O. The van der Waals surface area contributed by atoms with E-state index in [0.717, 1.165) is 32.1 Å². The molecular formula is C28H48O4. The van der Waals surface area contributed by atoms with Crippen molar-refractivity contribution < 1.29 is 19.7 Å². The molecular weight excluding hydrogens is 400 g/mol. The summed E-state index contributed by atoms with van der Waals surface area (Å²) in [6.45, 7) is 11.9. The predicted octanol–water partition coefficient (Wildman–Crippen LogP) is 5.59. The second-order valence-corrected chi connectivity index (χ2v) is 12.4. The first-order chi connectivity index (χ1) is 15.2. The van der Waals surface area contributed by atoms with E-state index < -0.39 is 0 Å². The molecule has 4 nitrogen and oxygen atoms in total. The maximum Gasteiger partial charge on any atom is 0.305 e. The van der Waals surface area contributed by atoms with Gasteiger partial charge < -0.3 is 14.9 Å². The molecule has 4 saturated carbocycles. The summed E-state index contributed by atoms with van der Waals surface area (Å²) < 4.78 is 5.17. The Labute approximate surface area is 195 Å². The average Bonchev–Trinajstić information content (AvgIpc) is 3.11. The Morgan fingerprint density at radius 3 is 2.38 bits per heavy atom. The van der Waals surface area contributed by atoms with Crippen molar-refractivity contribution in [3.05, 3.63) is 0 Å². The second kappa shape index (κ2) is 9.21. The molecule has 4 rings (SSSR count). The van der Waals surface area contributed by atoms with Crippen LogP contribution in [-0.2, 0) is 9.53 Å². The third-order valence-electron chi connectivity index (χ3n) is 11.3. The summed E-state index contributed by atoms with van der Waals surface area (Å²) in [6.07, 6.45) is 9.90. The van der Waals surface area contributed by atoms with E-state index in [2.05, 4.69) is 27.7 Å². The fourth-order valence-corrected chi connectivity index (χ4v) is 9.71. The van der Waals surface area contributed by atoms with Crippen molar-refractivity contribution in [2.45, 2.75) is 111 Å². The minimum atomic E-state index is -0.230. The standard InChI is InChI=1S/C28H48O4/c1-6-19-23-16-18(29)12-14-28(23,5)22-13-15-27(4)20(9-10-21(27)25(22)26(19)31)17(3)8-11-24(30)32-7-2/h17-23,25-26,29,31H,6-16H2,1-5H3/t17-,18-,19-,20-,21?,22?,23+,25?,26-,27-,28-/m1/s1. The Balaban J connectivity index is 1.55. The Morgan fingerprint density at radius 1 is 1.00 bits per heavy atom. The van der Waals surface area contributed by atoms with Gasteiger partial charge in [-0.2, -0.15) is 0 Å². The summed E-state index contributed by atoms with van der Waals surface area (Å²) in [6, 6.07) is 0. The summed E-state index contributed by atoms with van der Waals surface area (Å²) in [5.41, 5.74) is 0.532. The zero-order chi connectivity index (χ0) is 23.3. The van der Waals surface area contributed by atoms with E-state index in [1.54, 1.807) is 0 Å². The third kappa shape index (κ3) is 3.85. The molecule has 0 bridgehead atoms. The van der Waals surface area contributed by atoms with Crippen LogP contribution in [0.4, 0.5) is 0 Å². The fraction of sp³-hybridized carbons (Fsp3) is 0.964. The Morgan fingerprint density at radius 2 is 1.69 bits per heavy atom. The zero-order valence-electron chi connectivity index (χ0n) is 21.2. The van der Waals surface area contributed by atoms with Crippen LogP contribution in [0.3, 0.4) is 0 Å². The maximum atomic E-state index is 11.9. The molecule has 4 aliphatic rings. The molecule has 0 saturated heterocycles. The van der Waals surface area contributed by atoms with Gasteiger partial charge >= 0.3 is 5.97 Å². The molecule has 2 N–H and O–H groups in total. The van der Waals surface area contributed by atoms with Gasteiger partial charge in [0, 0.05) is 6.42 Å². The summed E-state index contributed by atoms with van der Waals surface area (Å²) in [7, 11) is 0. The summed E-state index contributed by atoms with van der Waals surface area (Å²) >= 11 is 0. The molecule has 0 aliphatic heterocycles. The van der Waals surface area contributed by atoms with Gasteiger partial charge in [0.2, 0.25) is 0 Å². The third-order valence-corrected chi connectivity index (χ3v) is 11.3. The molecule has 11 atom stereocenters. The number of rotatable bonds is 6. The van der Waals surface area contributed by atoms with Crippen molar-refractivity contribution in [3.8, 4) is 0 Å². The molecule has 0 spiro atoms. The molecule has 0 amide bonds. The first-order valence-corrected chi connectivity index (χ1v) is 13.7. The van der Waals surface area contributed by atoms with Crippen LogP contribution in [0.5, 0.6) is 0 Å². The van der Waals surface area contributed by atoms with E-state index in [1.807, 2.05) is 6.92 Å². The number of aliphatic hydroxyl groups is 2. The molecule has 184 valence electrons. The smallest absolute Gasteiger partial charge is 0.305 e. The van der Waals surface area contributed by atoms with E-state index in [4.69, 9.17) is 4.74 Å². The lowest BCUT2D eigenvalue weighted by Crippen LogP contribution is -2.62. The lowest BCUT2D eigenvalue weighted by Gasteiger charge is -2.64. The highest BCUT2D eigenvalue weighted by Crippen LogP contribution is 2.69. The molecule has 0 radical (unpaired) electrons. The van der Waals surface area contributed by atoms with Crippen LogP contribution in [0.25, 0.3) is 0 Å². The van der Waals surface area contributed by atoms with Crippen LogP contribution < -0.4 is 0 Å². The first-order valence-electron chi connectivity index (χ1n) is 13.7. The van der Waals surface area contributed by atoms with Gasteiger partial charge in [-0.25, -0.2) is 0 Å². The number of hydrogen-bond donors (Lipinski definition) is 2. The highest BCUT2D eigenvalue weighted by Gasteiger charge is 2.64. The Kier molecular flexibility index (Phi) is 7.05. The minimum Gasteiger partial charge on any atom is -0.466 e. The van der Waals surface area contributed by atoms with E-state index in [0.29, 0.717) is 54.5 Å². The van der Waals surface area contributed by atoms with Crippen LogP contribution in [0.15, 0.2) is 0 Å². The van der Waals surface area contributed by atoms with Crippen LogP contribution in [0.2, 0.25) is 0 Å². The number of esters is 1. The highest BCUT2D eigenvalue weighted by molar-refractivity contribution is 5.69. The monoisotopic (exact) mass is 448 g/mol. The predicted molar refractivity (Wildman–Crippen MR) is 127 cm³/mol. The topological polar surface area (TPSA) is 66.8 Å². The summed E-state index contributed by atoms with van der Waals surface area (Å²) in [5, 5.41) is 22.2. The van der Waals surface area contributed by atoms with Crippen LogP contribution >= 0.6 is 0 Å². The van der Waals surface area contributed by atoms with Crippen LogP contribution in [0, 0.1) is 52.3 Å². The number of carbonyl (C=O) groups is 1. The van der Waals surface area contributed by atoms with Gasteiger partial charge in [-0.15, -0.1) is 0 Å². The molecule has 0 aromatic heterocycles. The number of hydrogen-bond acceptors (Lipinski definition) is 4.